The number of aromatic nitrogens is 2. The van der Waals surface area contributed by atoms with E-state index in [1.807, 2.05) is 12.4 Å². The van der Waals surface area contributed by atoms with Gasteiger partial charge in [-0.25, -0.2) is 4.98 Å². The number of hydrogen-bond acceptors (Lipinski definition) is 3. The number of aryl methyl sites for hydroxylation is 1. The molecule has 1 aliphatic carbocycles. The summed E-state index contributed by atoms with van der Waals surface area (Å²) in [5.41, 5.74) is 14.4. The molecule has 236 valence electrons. The molecule has 50 heavy (non-hydrogen) atoms. The number of nitrogens with one attached hydrogen (secondary N) is 1. The lowest BCUT2D eigenvalue weighted by Gasteiger charge is -2.25. The first-order chi connectivity index (χ1) is 24.7. The molecule has 1 N–H and O–H groups in total. The predicted molar refractivity (Wildman–Crippen MR) is 210 cm³/mol. The van der Waals surface area contributed by atoms with Gasteiger partial charge in [0.05, 0.1) is 17.3 Å². The second-order valence-corrected chi connectivity index (χ2v) is 13.4. The van der Waals surface area contributed by atoms with E-state index >= 15 is 0 Å². The SMILES string of the molecule is C1=Cc2ccc3ccc(-c4ccc(C5C=Cc6cc(-c7ccc8ccc(-c9ccncc9)cc8c7)ccc6N5)c5ccccc45)nc3c2CC1. The van der Waals surface area contributed by atoms with Crippen molar-refractivity contribution in [1.82, 2.24) is 9.97 Å². The minimum absolute atomic E-state index is 0.0583. The summed E-state index contributed by atoms with van der Waals surface area (Å²) in [4.78, 5) is 9.46. The Hall–Kier alpha value is -6.32. The standard InChI is InChI=1S/C47H33N3/c1-2-6-39-32(5-1)11-12-33-15-21-46(50-47(33)39)43-19-18-42(40-7-3-4-8-41(40)43)45-22-17-37-27-36(16-20-44(37)49-45)35-14-10-30-9-13-34(28-38(30)29-35)31-23-25-48-26-24-31/h1,3-5,7-29,45,49H,2,6H2. The van der Waals surface area contributed by atoms with Crippen LogP contribution in [0.4, 0.5) is 5.69 Å². The minimum Gasteiger partial charge on any atom is -0.374 e. The van der Waals surface area contributed by atoms with Crippen LogP contribution in [0.3, 0.4) is 0 Å². The molecule has 2 aliphatic rings. The van der Waals surface area contributed by atoms with Crippen molar-refractivity contribution in [2.24, 2.45) is 0 Å². The van der Waals surface area contributed by atoms with E-state index in [4.69, 9.17) is 4.98 Å². The Balaban J connectivity index is 0.973. The van der Waals surface area contributed by atoms with E-state index in [0.717, 1.165) is 29.7 Å². The lowest BCUT2D eigenvalue weighted by Crippen LogP contribution is -2.12. The van der Waals surface area contributed by atoms with E-state index in [0.29, 0.717) is 0 Å². The minimum atomic E-state index is 0.0583. The van der Waals surface area contributed by atoms with Crippen molar-refractivity contribution in [3.8, 4) is 33.5 Å². The van der Waals surface area contributed by atoms with Crippen molar-refractivity contribution in [3.05, 3.63) is 174 Å². The second kappa shape index (κ2) is 11.7. The number of anilines is 1. The van der Waals surface area contributed by atoms with E-state index in [9.17, 15) is 0 Å². The number of fused-ring (bicyclic) bond motifs is 6. The van der Waals surface area contributed by atoms with Gasteiger partial charge in [0.15, 0.2) is 0 Å². The molecule has 1 aliphatic heterocycles. The monoisotopic (exact) mass is 639 g/mol. The molecule has 3 nitrogen and oxygen atoms in total. The van der Waals surface area contributed by atoms with E-state index in [1.54, 1.807) is 0 Å². The van der Waals surface area contributed by atoms with Gasteiger partial charge in [-0.15, -0.1) is 0 Å². The summed E-state index contributed by atoms with van der Waals surface area (Å²) < 4.78 is 0. The molecular formula is C47H33N3. The number of allylic oxidation sites excluding steroid dienone is 1. The molecule has 0 bridgehead atoms. The Morgan fingerprint density at radius 1 is 0.580 bits per heavy atom. The maximum Gasteiger partial charge on any atom is 0.0747 e. The van der Waals surface area contributed by atoms with Gasteiger partial charge in [-0.3, -0.25) is 4.98 Å². The Morgan fingerprint density at radius 3 is 2.22 bits per heavy atom. The van der Waals surface area contributed by atoms with Gasteiger partial charge in [0.1, 0.15) is 0 Å². The number of nitrogens with zero attached hydrogens (tertiary/aromatic N) is 2. The molecule has 2 aromatic heterocycles. The van der Waals surface area contributed by atoms with E-state index in [1.165, 1.54) is 77.0 Å². The molecule has 0 radical (unpaired) electrons. The van der Waals surface area contributed by atoms with Gasteiger partial charge in [-0.05, 0) is 121 Å². The first-order valence-corrected chi connectivity index (χ1v) is 17.4. The van der Waals surface area contributed by atoms with Crippen LogP contribution in [-0.2, 0) is 6.42 Å². The molecule has 3 heterocycles. The van der Waals surface area contributed by atoms with Crippen LogP contribution in [0.15, 0.2) is 152 Å². The second-order valence-electron chi connectivity index (χ2n) is 13.4. The number of hydrogen-bond donors (Lipinski definition) is 1. The highest BCUT2D eigenvalue weighted by Crippen LogP contribution is 2.39. The zero-order valence-electron chi connectivity index (χ0n) is 27.5. The fourth-order valence-electron chi connectivity index (χ4n) is 7.85. The van der Waals surface area contributed by atoms with Gasteiger partial charge < -0.3 is 5.32 Å². The summed E-state index contributed by atoms with van der Waals surface area (Å²) in [6.07, 6.45) is 14.9. The molecule has 10 rings (SSSR count). The van der Waals surface area contributed by atoms with E-state index < -0.39 is 0 Å². The Bertz CT molecular complexity index is 2690. The third-order valence-electron chi connectivity index (χ3n) is 10.4. The number of benzene rings is 6. The Morgan fingerprint density at radius 2 is 1.34 bits per heavy atom. The molecule has 3 heteroatoms. The first kappa shape index (κ1) is 28.7. The van der Waals surface area contributed by atoms with E-state index in [2.05, 4.69) is 162 Å². The van der Waals surface area contributed by atoms with Gasteiger partial charge in [-0.1, -0.05) is 109 Å². The predicted octanol–water partition coefficient (Wildman–Crippen LogP) is 12.1. The van der Waals surface area contributed by atoms with Crippen LogP contribution in [0.1, 0.15) is 34.7 Å². The summed E-state index contributed by atoms with van der Waals surface area (Å²) in [7, 11) is 0. The van der Waals surface area contributed by atoms with Crippen LogP contribution < -0.4 is 5.32 Å². The summed E-state index contributed by atoms with van der Waals surface area (Å²) in [5, 5.41) is 9.98. The molecule has 0 saturated heterocycles. The quantitative estimate of drug-likeness (QED) is 0.208. The lowest BCUT2D eigenvalue weighted by atomic mass is 9.90. The maximum absolute atomic E-state index is 5.28. The van der Waals surface area contributed by atoms with Crippen LogP contribution in [-0.4, -0.2) is 9.97 Å². The molecular weight excluding hydrogens is 607 g/mol. The highest BCUT2D eigenvalue weighted by atomic mass is 14.9. The van der Waals surface area contributed by atoms with Crippen LogP contribution in [0, 0.1) is 0 Å². The molecule has 0 saturated carbocycles. The molecule has 6 aromatic carbocycles. The maximum atomic E-state index is 5.28. The first-order valence-electron chi connectivity index (χ1n) is 17.4. The topological polar surface area (TPSA) is 37.8 Å². The molecule has 0 spiro atoms. The third kappa shape index (κ3) is 4.90. The van der Waals surface area contributed by atoms with Gasteiger partial charge in [0.2, 0.25) is 0 Å². The van der Waals surface area contributed by atoms with Gasteiger partial charge >= 0.3 is 0 Å². The zero-order chi connectivity index (χ0) is 33.0. The fraction of sp³-hybridized carbons (Fsp3) is 0.0638. The summed E-state index contributed by atoms with van der Waals surface area (Å²) in [5.74, 6) is 0. The average Bonchev–Trinajstić information content (AvgIpc) is 3.19. The Labute approximate surface area is 291 Å². The lowest BCUT2D eigenvalue weighted by molar-refractivity contribution is 0.990. The molecule has 1 unspecified atom stereocenters. The van der Waals surface area contributed by atoms with E-state index in [-0.39, 0.29) is 6.04 Å². The van der Waals surface area contributed by atoms with Crippen molar-refractivity contribution in [2.45, 2.75) is 18.9 Å². The highest BCUT2D eigenvalue weighted by molar-refractivity contribution is 6.00. The van der Waals surface area contributed by atoms with Crippen molar-refractivity contribution in [1.29, 1.82) is 0 Å². The number of rotatable bonds is 4. The summed E-state index contributed by atoms with van der Waals surface area (Å²) in [6, 6.07) is 46.5. The molecule has 0 fully saturated rings. The smallest absolute Gasteiger partial charge is 0.0747 e. The normalized spacial score (nSPS) is 14.8. The van der Waals surface area contributed by atoms with Crippen LogP contribution in [0.25, 0.3) is 78.1 Å². The Kier molecular flexibility index (Phi) is 6.70. The van der Waals surface area contributed by atoms with Gasteiger partial charge in [0.25, 0.3) is 0 Å². The molecule has 8 aromatic rings. The van der Waals surface area contributed by atoms with Crippen LogP contribution >= 0.6 is 0 Å². The van der Waals surface area contributed by atoms with Crippen molar-refractivity contribution in [3.63, 3.8) is 0 Å². The summed E-state index contributed by atoms with van der Waals surface area (Å²) >= 11 is 0. The summed E-state index contributed by atoms with van der Waals surface area (Å²) in [6.45, 7) is 0. The van der Waals surface area contributed by atoms with Crippen LogP contribution in [0.5, 0.6) is 0 Å². The van der Waals surface area contributed by atoms with Gasteiger partial charge in [0, 0.05) is 29.0 Å². The fourth-order valence-corrected chi connectivity index (χ4v) is 7.85. The number of pyridine rings is 2. The van der Waals surface area contributed by atoms with Crippen molar-refractivity contribution >= 4 is 50.3 Å². The van der Waals surface area contributed by atoms with Gasteiger partial charge in [-0.2, -0.15) is 0 Å². The van der Waals surface area contributed by atoms with Crippen molar-refractivity contribution < 1.29 is 0 Å². The average molecular weight is 640 g/mol. The van der Waals surface area contributed by atoms with Crippen molar-refractivity contribution in [2.75, 3.05) is 5.32 Å². The molecule has 0 amide bonds. The largest absolute Gasteiger partial charge is 0.374 e. The van der Waals surface area contributed by atoms with Crippen LogP contribution in [0.2, 0.25) is 0 Å². The third-order valence-corrected chi connectivity index (χ3v) is 10.4. The highest BCUT2D eigenvalue weighted by Gasteiger charge is 2.20. The molecule has 1 atom stereocenters. The zero-order valence-corrected chi connectivity index (χ0v) is 27.5.